The summed E-state index contributed by atoms with van der Waals surface area (Å²) in [6, 6.07) is 0. The van der Waals surface area contributed by atoms with Crippen molar-refractivity contribution < 1.29 is 0 Å². The van der Waals surface area contributed by atoms with Gasteiger partial charge in [-0.1, -0.05) is 25.0 Å². The molecule has 0 N–H and O–H groups in total. The molecule has 1 aliphatic carbocycles. The molecule has 0 fully saturated rings. The Morgan fingerprint density at radius 1 is 0.333 bits per heavy atom. The molecule has 0 spiro atoms. The SMILES string of the molecule is CC1=C(C)C(C)=C(C)C(C)(C)C(C)=C1C.Cc1c(C)c(C)c(C)c(C)c1C. The molecule has 1 aliphatic rings. The van der Waals surface area contributed by atoms with Gasteiger partial charge in [0.15, 0.2) is 0 Å². The molecule has 0 unspecified atom stereocenters. The average molecular weight is 367 g/mol. The zero-order valence-corrected chi connectivity index (χ0v) is 20.5. The fourth-order valence-electron chi connectivity index (χ4n) is 4.03. The Kier molecular flexibility index (Phi) is 7.14. The molecule has 0 aliphatic heterocycles. The zero-order valence-electron chi connectivity index (χ0n) is 20.5. The maximum atomic E-state index is 2.33. The Morgan fingerprint density at radius 2 is 0.519 bits per heavy atom. The molecule has 0 saturated heterocycles. The lowest BCUT2D eigenvalue weighted by Crippen LogP contribution is -2.16. The molecule has 27 heavy (non-hydrogen) atoms. The largest absolute Gasteiger partial charge is 0.0604 e. The van der Waals surface area contributed by atoms with Crippen molar-refractivity contribution in [1.29, 1.82) is 0 Å². The van der Waals surface area contributed by atoms with Crippen LogP contribution < -0.4 is 0 Å². The van der Waals surface area contributed by atoms with E-state index in [2.05, 4.69) is 96.9 Å². The predicted molar refractivity (Wildman–Crippen MR) is 124 cm³/mol. The molecule has 0 amide bonds. The van der Waals surface area contributed by atoms with Crippen LogP contribution in [0.2, 0.25) is 0 Å². The molecule has 0 bridgehead atoms. The van der Waals surface area contributed by atoms with Crippen molar-refractivity contribution in [3.8, 4) is 0 Å². The van der Waals surface area contributed by atoms with Crippen molar-refractivity contribution in [3.63, 3.8) is 0 Å². The summed E-state index contributed by atoms with van der Waals surface area (Å²) < 4.78 is 0. The highest BCUT2D eigenvalue weighted by Gasteiger charge is 2.28. The first-order chi connectivity index (χ1) is 12.2. The number of benzene rings is 1. The summed E-state index contributed by atoms with van der Waals surface area (Å²) in [7, 11) is 0. The van der Waals surface area contributed by atoms with Crippen LogP contribution in [0.3, 0.4) is 0 Å². The molecular formula is C27H42. The second-order valence-electron chi connectivity index (χ2n) is 9.12. The second kappa shape index (κ2) is 8.21. The highest BCUT2D eigenvalue weighted by molar-refractivity contribution is 5.52. The van der Waals surface area contributed by atoms with E-state index in [4.69, 9.17) is 0 Å². The van der Waals surface area contributed by atoms with E-state index in [1.807, 2.05) is 0 Å². The average Bonchev–Trinajstić information content (AvgIpc) is 2.68. The van der Waals surface area contributed by atoms with Gasteiger partial charge in [0, 0.05) is 5.41 Å². The Balaban J connectivity index is 0.000000277. The van der Waals surface area contributed by atoms with Gasteiger partial charge in [-0.15, -0.1) is 0 Å². The Labute approximate surface area is 169 Å². The van der Waals surface area contributed by atoms with E-state index in [9.17, 15) is 0 Å². The van der Waals surface area contributed by atoms with Crippen LogP contribution in [-0.2, 0) is 0 Å². The predicted octanol–water partition coefficient (Wildman–Crippen LogP) is 8.57. The van der Waals surface area contributed by atoms with Crippen LogP contribution in [0.25, 0.3) is 0 Å². The fraction of sp³-hybridized carbons (Fsp3) is 0.556. The van der Waals surface area contributed by atoms with Gasteiger partial charge in [-0.3, -0.25) is 0 Å². The van der Waals surface area contributed by atoms with Gasteiger partial charge >= 0.3 is 0 Å². The smallest absolute Gasteiger partial charge is 0.00701 e. The van der Waals surface area contributed by atoms with Crippen molar-refractivity contribution in [1.82, 2.24) is 0 Å². The van der Waals surface area contributed by atoms with E-state index >= 15 is 0 Å². The van der Waals surface area contributed by atoms with Gasteiger partial charge < -0.3 is 0 Å². The lowest BCUT2D eigenvalue weighted by atomic mass is 9.76. The molecule has 0 nitrogen and oxygen atoms in total. The van der Waals surface area contributed by atoms with Crippen LogP contribution in [0.15, 0.2) is 33.4 Å². The molecule has 0 saturated carbocycles. The minimum atomic E-state index is 0.202. The molecule has 150 valence electrons. The summed E-state index contributed by atoms with van der Waals surface area (Å²) in [6.07, 6.45) is 0. The summed E-state index contributed by atoms with van der Waals surface area (Å²) in [5, 5.41) is 0. The Hall–Kier alpha value is -1.56. The van der Waals surface area contributed by atoms with E-state index in [-0.39, 0.29) is 5.41 Å². The van der Waals surface area contributed by atoms with E-state index in [0.717, 1.165) is 0 Å². The van der Waals surface area contributed by atoms with Crippen LogP contribution in [0.1, 0.15) is 88.8 Å². The van der Waals surface area contributed by atoms with Gasteiger partial charge in [0.25, 0.3) is 0 Å². The summed E-state index contributed by atoms with van der Waals surface area (Å²) in [6.45, 7) is 31.5. The van der Waals surface area contributed by atoms with Gasteiger partial charge in [-0.05, 0) is 139 Å². The van der Waals surface area contributed by atoms with Crippen LogP contribution in [-0.4, -0.2) is 0 Å². The first-order valence-corrected chi connectivity index (χ1v) is 10.2. The molecule has 0 heteroatoms. The maximum Gasteiger partial charge on any atom is 0.00701 e. The van der Waals surface area contributed by atoms with Gasteiger partial charge in [0.2, 0.25) is 0 Å². The number of allylic oxidation sites excluding steroid dienone is 6. The molecule has 0 heterocycles. The molecule has 0 aromatic heterocycles. The number of hydrogen-bond acceptors (Lipinski definition) is 0. The summed E-state index contributed by atoms with van der Waals surface area (Å²) in [5.41, 5.74) is 17.8. The Morgan fingerprint density at radius 3 is 0.704 bits per heavy atom. The van der Waals surface area contributed by atoms with Crippen LogP contribution in [0.4, 0.5) is 0 Å². The van der Waals surface area contributed by atoms with E-state index < -0.39 is 0 Å². The summed E-state index contributed by atoms with van der Waals surface area (Å²) in [4.78, 5) is 0. The van der Waals surface area contributed by atoms with Gasteiger partial charge in [0.1, 0.15) is 0 Å². The minimum absolute atomic E-state index is 0.202. The number of rotatable bonds is 0. The van der Waals surface area contributed by atoms with Crippen LogP contribution in [0, 0.1) is 47.0 Å². The van der Waals surface area contributed by atoms with Crippen molar-refractivity contribution in [2.75, 3.05) is 0 Å². The summed E-state index contributed by atoms with van der Waals surface area (Å²) >= 11 is 0. The molecular weight excluding hydrogens is 324 g/mol. The maximum absolute atomic E-state index is 2.33. The highest BCUT2D eigenvalue weighted by Crippen LogP contribution is 2.43. The first-order valence-electron chi connectivity index (χ1n) is 10.2. The van der Waals surface area contributed by atoms with E-state index in [0.29, 0.717) is 0 Å². The molecule has 1 aromatic carbocycles. The molecule has 2 rings (SSSR count). The minimum Gasteiger partial charge on any atom is -0.0604 e. The van der Waals surface area contributed by atoms with Crippen molar-refractivity contribution >= 4 is 0 Å². The first kappa shape index (κ1) is 23.5. The number of hydrogen-bond donors (Lipinski definition) is 0. The third-order valence-electron chi connectivity index (χ3n) is 8.06. The van der Waals surface area contributed by atoms with Gasteiger partial charge in [-0.2, -0.15) is 0 Å². The van der Waals surface area contributed by atoms with Crippen LogP contribution in [0.5, 0.6) is 0 Å². The third kappa shape index (κ3) is 4.15. The molecule has 0 atom stereocenters. The topological polar surface area (TPSA) is 0 Å². The van der Waals surface area contributed by atoms with Crippen molar-refractivity contribution in [2.24, 2.45) is 5.41 Å². The normalized spacial score (nSPS) is 17.1. The van der Waals surface area contributed by atoms with Gasteiger partial charge in [-0.25, -0.2) is 0 Å². The van der Waals surface area contributed by atoms with Crippen molar-refractivity contribution in [2.45, 2.75) is 96.9 Å². The van der Waals surface area contributed by atoms with Crippen LogP contribution >= 0.6 is 0 Å². The van der Waals surface area contributed by atoms with Crippen molar-refractivity contribution in [3.05, 3.63) is 66.8 Å². The van der Waals surface area contributed by atoms with Gasteiger partial charge in [0.05, 0.1) is 0 Å². The highest BCUT2D eigenvalue weighted by atomic mass is 14.3. The second-order valence-corrected chi connectivity index (χ2v) is 9.12. The third-order valence-corrected chi connectivity index (χ3v) is 8.06. The quantitative estimate of drug-likeness (QED) is 0.431. The fourth-order valence-corrected chi connectivity index (χ4v) is 4.03. The molecule has 0 radical (unpaired) electrons. The summed E-state index contributed by atoms with van der Waals surface area (Å²) in [5.74, 6) is 0. The lowest BCUT2D eigenvalue weighted by Gasteiger charge is -2.29. The monoisotopic (exact) mass is 366 g/mol. The van der Waals surface area contributed by atoms with E-state index in [1.54, 1.807) is 0 Å². The Bertz CT molecular complexity index is 708. The molecule has 1 aromatic rings. The standard InChI is InChI=1S/C15H24.C12H18/c1-9-10(2)12(4)14(6)15(7,8)13(5)11(9)3;1-7-8(2)10(4)12(6)11(5)9(7)3/h1-8H3;1-6H3. The lowest BCUT2D eigenvalue weighted by molar-refractivity contribution is 0.530. The zero-order chi connectivity index (χ0) is 21.4. The van der Waals surface area contributed by atoms with E-state index in [1.165, 1.54) is 66.8 Å².